The van der Waals surface area contributed by atoms with Gasteiger partial charge in [-0.1, -0.05) is 54.6 Å². The normalized spacial score (nSPS) is 13.8. The maximum Gasteiger partial charge on any atom is 0.263 e. The van der Waals surface area contributed by atoms with Crippen LogP contribution in [0, 0.1) is 11.3 Å². The fourth-order valence-corrected chi connectivity index (χ4v) is 2.82. The molecule has 120 valence electrons. The molecule has 0 aliphatic carbocycles. The summed E-state index contributed by atoms with van der Waals surface area (Å²) in [7, 11) is 0. The van der Waals surface area contributed by atoms with E-state index >= 15 is 0 Å². The van der Waals surface area contributed by atoms with Crippen LogP contribution in [0.3, 0.4) is 0 Å². The second-order valence-corrected chi connectivity index (χ2v) is 5.81. The van der Waals surface area contributed by atoms with E-state index in [1.807, 2.05) is 53.4 Å². The van der Waals surface area contributed by atoms with Crippen molar-refractivity contribution < 1.29 is 4.79 Å². The van der Waals surface area contributed by atoms with Crippen LogP contribution in [0.1, 0.15) is 16.7 Å². The van der Waals surface area contributed by atoms with E-state index in [0.717, 1.165) is 25.1 Å². The largest absolute Gasteiger partial charge is 0.371 e. The molecule has 1 amide bonds. The summed E-state index contributed by atoms with van der Waals surface area (Å²) in [5.41, 5.74) is 3.75. The second-order valence-electron chi connectivity index (χ2n) is 5.81. The van der Waals surface area contributed by atoms with Crippen LogP contribution in [0.4, 0.5) is 0 Å². The summed E-state index contributed by atoms with van der Waals surface area (Å²) in [5, 5.41) is 12.1. The SMILES string of the molecule is N#C/C(=C/N1CCc2ccccc2C1)C(=O)NCc1ccccc1. The number of carbonyl (C=O) groups is 1. The van der Waals surface area contributed by atoms with Crippen molar-refractivity contribution in [2.75, 3.05) is 6.54 Å². The summed E-state index contributed by atoms with van der Waals surface area (Å²) in [6.45, 7) is 1.96. The van der Waals surface area contributed by atoms with Gasteiger partial charge in [0.2, 0.25) is 0 Å². The third-order valence-electron chi connectivity index (χ3n) is 4.13. The number of benzene rings is 2. The molecule has 0 saturated heterocycles. The van der Waals surface area contributed by atoms with Crippen LogP contribution in [0.15, 0.2) is 66.4 Å². The molecule has 2 aromatic carbocycles. The first-order chi connectivity index (χ1) is 11.8. The minimum absolute atomic E-state index is 0.144. The lowest BCUT2D eigenvalue weighted by atomic mass is 10.0. The Morgan fingerprint density at radius 2 is 1.83 bits per heavy atom. The van der Waals surface area contributed by atoms with Gasteiger partial charge in [-0.15, -0.1) is 0 Å². The van der Waals surface area contributed by atoms with Gasteiger partial charge in [0.15, 0.2) is 0 Å². The van der Waals surface area contributed by atoms with Gasteiger partial charge < -0.3 is 10.2 Å². The van der Waals surface area contributed by atoms with Gasteiger partial charge in [0.05, 0.1) is 0 Å². The molecule has 0 aromatic heterocycles. The van der Waals surface area contributed by atoms with Gasteiger partial charge in [0.1, 0.15) is 11.6 Å². The Balaban J connectivity index is 1.64. The van der Waals surface area contributed by atoms with Gasteiger partial charge in [-0.3, -0.25) is 4.79 Å². The highest BCUT2D eigenvalue weighted by Gasteiger charge is 2.16. The van der Waals surface area contributed by atoms with E-state index in [9.17, 15) is 10.1 Å². The van der Waals surface area contributed by atoms with Gasteiger partial charge in [-0.2, -0.15) is 5.26 Å². The third kappa shape index (κ3) is 3.82. The Morgan fingerprint density at radius 3 is 2.58 bits per heavy atom. The zero-order chi connectivity index (χ0) is 16.8. The first kappa shape index (κ1) is 15.8. The molecule has 3 rings (SSSR count). The molecule has 0 saturated carbocycles. The van der Waals surface area contributed by atoms with E-state index in [2.05, 4.69) is 17.4 Å². The molecular formula is C20H19N3O. The molecule has 0 spiro atoms. The zero-order valence-corrected chi connectivity index (χ0v) is 13.4. The molecule has 0 bridgehead atoms. The van der Waals surface area contributed by atoms with E-state index in [4.69, 9.17) is 0 Å². The summed E-state index contributed by atoms with van der Waals surface area (Å²) >= 11 is 0. The summed E-state index contributed by atoms with van der Waals surface area (Å²) in [6, 6.07) is 20.0. The van der Waals surface area contributed by atoms with E-state index in [1.54, 1.807) is 6.20 Å². The van der Waals surface area contributed by atoms with Crippen LogP contribution in [0.2, 0.25) is 0 Å². The maximum atomic E-state index is 12.2. The van der Waals surface area contributed by atoms with Crippen molar-refractivity contribution in [1.29, 1.82) is 5.26 Å². The number of carbonyl (C=O) groups excluding carboxylic acids is 1. The lowest BCUT2D eigenvalue weighted by molar-refractivity contribution is -0.117. The van der Waals surface area contributed by atoms with Crippen LogP contribution in [0.5, 0.6) is 0 Å². The molecule has 4 nitrogen and oxygen atoms in total. The Hall–Kier alpha value is -3.06. The number of hydrogen-bond donors (Lipinski definition) is 1. The van der Waals surface area contributed by atoms with Crippen molar-refractivity contribution in [3.05, 3.63) is 83.1 Å². The summed E-state index contributed by atoms with van der Waals surface area (Å²) in [5.74, 6) is -0.333. The van der Waals surface area contributed by atoms with E-state index in [-0.39, 0.29) is 11.5 Å². The number of rotatable bonds is 4. The topological polar surface area (TPSA) is 56.1 Å². The van der Waals surface area contributed by atoms with Crippen molar-refractivity contribution in [2.24, 2.45) is 0 Å². The van der Waals surface area contributed by atoms with Crippen molar-refractivity contribution in [3.8, 4) is 6.07 Å². The highest BCUT2D eigenvalue weighted by atomic mass is 16.1. The second kappa shape index (κ2) is 7.47. The Bertz CT molecular complexity index is 790. The Labute approximate surface area is 142 Å². The maximum absolute atomic E-state index is 12.2. The zero-order valence-electron chi connectivity index (χ0n) is 13.4. The fourth-order valence-electron chi connectivity index (χ4n) is 2.82. The number of nitrogens with one attached hydrogen (secondary N) is 1. The highest BCUT2D eigenvalue weighted by molar-refractivity contribution is 5.97. The molecule has 1 heterocycles. The number of nitriles is 1. The van der Waals surface area contributed by atoms with Crippen molar-refractivity contribution in [1.82, 2.24) is 10.2 Å². The third-order valence-corrected chi connectivity index (χ3v) is 4.13. The Kier molecular flexibility index (Phi) is 4.93. The monoisotopic (exact) mass is 317 g/mol. The smallest absolute Gasteiger partial charge is 0.263 e. The lowest BCUT2D eigenvalue weighted by Crippen LogP contribution is -2.29. The molecule has 1 aliphatic rings. The van der Waals surface area contributed by atoms with Crippen LogP contribution >= 0.6 is 0 Å². The van der Waals surface area contributed by atoms with Crippen molar-refractivity contribution >= 4 is 5.91 Å². The molecule has 0 unspecified atom stereocenters. The van der Waals surface area contributed by atoms with Crippen LogP contribution in [0.25, 0.3) is 0 Å². The average molecular weight is 317 g/mol. The predicted octanol–water partition coefficient (Wildman–Crippen LogP) is 2.77. The highest BCUT2D eigenvalue weighted by Crippen LogP contribution is 2.19. The standard InChI is InChI=1S/C20H19N3O/c21-12-19(20(24)22-13-16-6-2-1-3-7-16)15-23-11-10-17-8-4-5-9-18(17)14-23/h1-9,15H,10-11,13-14H2,(H,22,24)/b19-15-. The number of fused-ring (bicyclic) bond motifs is 1. The first-order valence-corrected chi connectivity index (χ1v) is 8.01. The van der Waals surface area contributed by atoms with Gasteiger partial charge in [0.25, 0.3) is 5.91 Å². The quantitative estimate of drug-likeness (QED) is 0.697. The summed E-state index contributed by atoms with van der Waals surface area (Å²) in [6.07, 6.45) is 2.60. The predicted molar refractivity (Wildman–Crippen MR) is 92.5 cm³/mol. The summed E-state index contributed by atoms with van der Waals surface area (Å²) in [4.78, 5) is 14.3. The van der Waals surface area contributed by atoms with Crippen molar-refractivity contribution in [2.45, 2.75) is 19.5 Å². The first-order valence-electron chi connectivity index (χ1n) is 8.01. The van der Waals surface area contributed by atoms with Gasteiger partial charge in [-0.05, 0) is 23.1 Å². The molecule has 2 aromatic rings. The minimum atomic E-state index is -0.333. The molecule has 24 heavy (non-hydrogen) atoms. The van der Waals surface area contributed by atoms with E-state index in [1.165, 1.54) is 11.1 Å². The average Bonchev–Trinajstić information content (AvgIpc) is 2.65. The van der Waals surface area contributed by atoms with Gasteiger partial charge in [-0.25, -0.2) is 0 Å². The molecule has 1 aliphatic heterocycles. The van der Waals surface area contributed by atoms with Gasteiger partial charge in [0, 0.05) is 25.8 Å². The van der Waals surface area contributed by atoms with Crippen LogP contribution in [-0.2, 0) is 24.3 Å². The van der Waals surface area contributed by atoms with Crippen LogP contribution < -0.4 is 5.32 Å². The van der Waals surface area contributed by atoms with E-state index in [0.29, 0.717) is 6.54 Å². The molecule has 0 radical (unpaired) electrons. The summed E-state index contributed by atoms with van der Waals surface area (Å²) < 4.78 is 0. The number of hydrogen-bond acceptors (Lipinski definition) is 3. The number of amides is 1. The molecule has 4 heteroatoms. The minimum Gasteiger partial charge on any atom is -0.371 e. The van der Waals surface area contributed by atoms with Gasteiger partial charge >= 0.3 is 0 Å². The molecular weight excluding hydrogens is 298 g/mol. The van der Waals surface area contributed by atoms with Crippen LogP contribution in [-0.4, -0.2) is 17.4 Å². The molecule has 0 fully saturated rings. The molecule has 1 N–H and O–H groups in total. The molecule has 0 atom stereocenters. The van der Waals surface area contributed by atoms with Crippen molar-refractivity contribution in [3.63, 3.8) is 0 Å². The fraction of sp³-hybridized carbons (Fsp3) is 0.200. The van der Waals surface area contributed by atoms with E-state index < -0.39 is 0 Å². The number of nitrogens with zero attached hydrogens (tertiary/aromatic N) is 2. The Morgan fingerprint density at radius 1 is 1.12 bits per heavy atom. The lowest BCUT2D eigenvalue weighted by Gasteiger charge is -2.27.